The Morgan fingerprint density at radius 1 is 0.125 bits per heavy atom. The fourth-order valence-electron chi connectivity index (χ4n) is 17.9. The highest BCUT2D eigenvalue weighted by Crippen LogP contribution is 2.60. The minimum atomic E-state index is 1.14. The summed E-state index contributed by atoms with van der Waals surface area (Å²) in [5.41, 5.74) is 35.4. The Morgan fingerprint density at radius 2 is 0.288 bits per heavy atom. The summed E-state index contributed by atoms with van der Waals surface area (Å²) in [7, 11) is 0. The topological polar surface area (TPSA) is 8.82 Å². The first kappa shape index (κ1) is 59.2. The van der Waals surface area contributed by atoms with Crippen molar-refractivity contribution < 1.29 is 0 Å². The monoisotopic (exact) mass is 1320 g/mol. The van der Waals surface area contributed by atoms with Gasteiger partial charge in [0.05, 0.1) is 33.1 Å². The van der Waals surface area contributed by atoms with Gasteiger partial charge in [0, 0.05) is 43.1 Å². The molecule has 0 amide bonds. The highest BCUT2D eigenvalue weighted by atomic mass is 14.9. The summed E-state index contributed by atoms with van der Waals surface area (Å²) in [6.07, 6.45) is 0. The molecule has 21 aromatic rings. The van der Waals surface area contributed by atoms with Gasteiger partial charge in [0.1, 0.15) is 0 Å². The third-order valence-electron chi connectivity index (χ3n) is 21.9. The van der Waals surface area contributed by atoms with Gasteiger partial charge in [-0.3, -0.25) is 0 Å². The third-order valence-corrected chi connectivity index (χ3v) is 21.9. The van der Waals surface area contributed by atoms with E-state index in [9.17, 15) is 0 Å². The minimum absolute atomic E-state index is 1.14. The number of nitrogens with zero attached hydrogens (tertiary/aromatic N) is 2. The molecule has 0 saturated heterocycles. The number of fused-ring (bicyclic) bond motifs is 14. The second-order valence-corrected chi connectivity index (χ2v) is 27.5. The maximum atomic E-state index is 2.63. The molecule has 17 aromatic carbocycles. The van der Waals surface area contributed by atoms with Gasteiger partial charge in [-0.25, -0.2) is 0 Å². The highest BCUT2D eigenvalue weighted by Gasteiger charge is 2.34. The number of rotatable bonds is 12. The first-order chi connectivity index (χ1) is 51.7. The Kier molecular flexibility index (Phi) is 13.7. The molecular formula is C102H64N2. The first-order valence-corrected chi connectivity index (χ1v) is 36.1. The van der Waals surface area contributed by atoms with Crippen LogP contribution in [0.5, 0.6) is 0 Å². The standard InChI is InChI=1S/C102H64N2/c1-11-35-65(36-12-1)85-87(67-39-15-3-16-40-67)91(71-47-23-7-24-48-71)95(92(72-49-25-8-26-50-72)88(85)68-41-17-4-18-42-68)75-59-61-79-83(63-75)103-81-57-33-31-55-77(81)98-100-80-62-60-76(64-84(80)104-82-58-34-32-56-78(82)97(102(100)104)99(79)101(98)103)96-93(73-51-27-9-28-52-73)89(69-43-19-5-20-44-69)86(66-37-13-2-14-38-66)90(70-45-21-6-22-46-70)94(96)74-53-29-10-30-54-74/h1-64H. The van der Waals surface area contributed by atoms with Gasteiger partial charge in [-0.1, -0.05) is 364 Å². The summed E-state index contributed by atoms with van der Waals surface area (Å²) in [5.74, 6) is 0. The van der Waals surface area contributed by atoms with Crippen LogP contribution in [0, 0.1) is 0 Å². The summed E-state index contributed by atoms with van der Waals surface area (Å²) in [5, 5.41) is 10.0. The average molecular weight is 1320 g/mol. The van der Waals surface area contributed by atoms with E-state index in [4.69, 9.17) is 0 Å². The maximum absolute atomic E-state index is 2.63. The Balaban J connectivity index is 0.908. The molecule has 0 saturated carbocycles. The molecule has 0 radical (unpaired) electrons. The van der Waals surface area contributed by atoms with Crippen LogP contribution in [0.1, 0.15) is 0 Å². The fourth-order valence-corrected chi connectivity index (χ4v) is 17.9. The van der Waals surface area contributed by atoms with Gasteiger partial charge < -0.3 is 8.80 Å². The Morgan fingerprint density at radius 3 is 0.490 bits per heavy atom. The van der Waals surface area contributed by atoms with Crippen molar-refractivity contribution in [2.45, 2.75) is 0 Å². The van der Waals surface area contributed by atoms with Gasteiger partial charge in [-0.15, -0.1) is 0 Å². The zero-order chi connectivity index (χ0) is 68.3. The minimum Gasteiger partial charge on any atom is -0.308 e. The average Bonchev–Trinajstić information content (AvgIpc) is 1.24. The van der Waals surface area contributed by atoms with Crippen molar-refractivity contribution in [2.24, 2.45) is 0 Å². The third kappa shape index (κ3) is 8.95. The zero-order valence-corrected chi connectivity index (χ0v) is 56.8. The molecule has 21 rings (SSSR count). The molecule has 0 N–H and O–H groups in total. The Labute approximate surface area is 602 Å². The highest BCUT2D eigenvalue weighted by molar-refractivity contribution is 6.45. The molecule has 4 aromatic heterocycles. The van der Waals surface area contributed by atoms with Crippen molar-refractivity contribution in [2.75, 3.05) is 0 Å². The van der Waals surface area contributed by atoms with Gasteiger partial charge in [0.2, 0.25) is 0 Å². The number of benzene rings is 17. The molecule has 0 spiro atoms. The number of aromatic nitrogens is 2. The van der Waals surface area contributed by atoms with E-state index < -0.39 is 0 Å². The Hall–Kier alpha value is -13.7. The molecule has 2 nitrogen and oxygen atoms in total. The Bertz CT molecular complexity index is 6220. The molecule has 0 atom stereocenters. The van der Waals surface area contributed by atoms with E-state index in [1.165, 1.54) is 143 Å². The van der Waals surface area contributed by atoms with Gasteiger partial charge >= 0.3 is 0 Å². The van der Waals surface area contributed by atoms with Gasteiger partial charge in [-0.2, -0.15) is 0 Å². The molecule has 0 aliphatic carbocycles. The predicted molar refractivity (Wildman–Crippen MR) is 441 cm³/mol. The second kappa shape index (κ2) is 24.0. The van der Waals surface area contributed by atoms with Crippen LogP contribution in [0.4, 0.5) is 0 Å². The van der Waals surface area contributed by atoms with Crippen molar-refractivity contribution in [3.63, 3.8) is 0 Å². The largest absolute Gasteiger partial charge is 0.308 e. The maximum Gasteiger partial charge on any atom is 0.0634 e. The molecule has 0 aliphatic heterocycles. The van der Waals surface area contributed by atoms with Crippen LogP contribution in [-0.4, -0.2) is 8.80 Å². The van der Waals surface area contributed by atoms with E-state index in [0.29, 0.717) is 0 Å². The van der Waals surface area contributed by atoms with Crippen LogP contribution < -0.4 is 0 Å². The van der Waals surface area contributed by atoms with Crippen LogP contribution >= 0.6 is 0 Å². The smallest absolute Gasteiger partial charge is 0.0634 e. The summed E-state index contributed by atoms with van der Waals surface area (Å²) < 4.78 is 5.27. The lowest BCUT2D eigenvalue weighted by atomic mass is 9.74. The van der Waals surface area contributed by atoms with Crippen molar-refractivity contribution in [1.82, 2.24) is 8.80 Å². The van der Waals surface area contributed by atoms with Crippen molar-refractivity contribution >= 4 is 76.2 Å². The molecule has 2 heteroatoms. The van der Waals surface area contributed by atoms with E-state index >= 15 is 0 Å². The lowest BCUT2D eigenvalue weighted by Crippen LogP contribution is -2.02. The summed E-state index contributed by atoms with van der Waals surface area (Å²) >= 11 is 0. The summed E-state index contributed by atoms with van der Waals surface area (Å²) in [4.78, 5) is 0. The molecule has 0 fully saturated rings. The molecular weight excluding hydrogens is 1250 g/mol. The van der Waals surface area contributed by atoms with E-state index in [1.54, 1.807) is 0 Å². The zero-order valence-electron chi connectivity index (χ0n) is 56.8. The van der Waals surface area contributed by atoms with Crippen LogP contribution in [0.2, 0.25) is 0 Å². The van der Waals surface area contributed by atoms with Crippen LogP contribution in [0.3, 0.4) is 0 Å². The predicted octanol–water partition coefficient (Wildman–Crippen LogP) is 28.0. The van der Waals surface area contributed by atoms with Crippen molar-refractivity contribution in [1.29, 1.82) is 0 Å². The first-order valence-electron chi connectivity index (χ1n) is 36.1. The van der Waals surface area contributed by atoms with Gasteiger partial charge in [-0.05, 0) is 158 Å². The quantitative estimate of drug-likeness (QED) is 0.115. The summed E-state index contributed by atoms with van der Waals surface area (Å²) in [6, 6.07) is 145. The van der Waals surface area contributed by atoms with Crippen molar-refractivity contribution in [3.8, 4) is 134 Å². The van der Waals surface area contributed by atoms with E-state index in [0.717, 1.165) is 66.8 Å². The molecule has 482 valence electrons. The number of hydrogen-bond acceptors (Lipinski definition) is 0. The normalized spacial score (nSPS) is 11.8. The van der Waals surface area contributed by atoms with Gasteiger partial charge in [0.25, 0.3) is 0 Å². The molecule has 104 heavy (non-hydrogen) atoms. The van der Waals surface area contributed by atoms with Crippen LogP contribution in [0.15, 0.2) is 388 Å². The second-order valence-electron chi connectivity index (χ2n) is 27.5. The lowest BCUT2D eigenvalue weighted by molar-refractivity contribution is 1.37. The molecule has 0 bridgehead atoms. The number of para-hydroxylation sites is 2. The molecule has 0 aliphatic rings. The van der Waals surface area contributed by atoms with E-state index in [2.05, 4.69) is 397 Å². The fraction of sp³-hybridized carbons (Fsp3) is 0. The van der Waals surface area contributed by atoms with Crippen LogP contribution in [0.25, 0.3) is 210 Å². The lowest BCUT2D eigenvalue weighted by Gasteiger charge is -2.28. The summed E-state index contributed by atoms with van der Waals surface area (Å²) in [6.45, 7) is 0. The van der Waals surface area contributed by atoms with Crippen LogP contribution in [-0.2, 0) is 0 Å². The van der Waals surface area contributed by atoms with Crippen molar-refractivity contribution in [3.05, 3.63) is 388 Å². The SMILES string of the molecule is c1ccc(-c2c(-c3ccccc3)c(-c3ccccc3)c(-c3ccc4c5c6c7ccccc7n7c8cc(-c9c(-c%10ccccc%10)c(-c%10ccccc%10)c(-c%10ccccc%10)c(-c%10ccccc%10)c9-c9ccccc9)ccc8c(c8c9ccccc9n(c4c3)c85)c67)c(-c3ccccc3)c2-c2ccccc2)cc1. The number of hydrogen-bond donors (Lipinski definition) is 0. The molecule has 4 heterocycles. The van der Waals surface area contributed by atoms with E-state index in [1.807, 2.05) is 0 Å². The van der Waals surface area contributed by atoms with Gasteiger partial charge in [0.15, 0.2) is 0 Å². The van der Waals surface area contributed by atoms with E-state index in [-0.39, 0.29) is 0 Å². The molecule has 0 unspecified atom stereocenters.